The number of aromatic nitrogens is 3. The van der Waals surface area contributed by atoms with Crippen LogP contribution in [0.4, 0.5) is 0 Å². The minimum absolute atomic E-state index is 0.458. The predicted octanol–water partition coefficient (Wildman–Crippen LogP) is 3.06. The molecule has 0 spiro atoms. The van der Waals surface area contributed by atoms with Crippen molar-refractivity contribution in [2.24, 2.45) is 5.73 Å². The van der Waals surface area contributed by atoms with Crippen LogP contribution in [0.3, 0.4) is 0 Å². The number of aromatic amines is 2. The van der Waals surface area contributed by atoms with Crippen LogP contribution >= 0.6 is 0 Å². The molecule has 0 bridgehead atoms. The van der Waals surface area contributed by atoms with Gasteiger partial charge in [-0.05, 0) is 26.3 Å². The van der Waals surface area contributed by atoms with Gasteiger partial charge in [-0.1, -0.05) is 18.2 Å². The summed E-state index contributed by atoms with van der Waals surface area (Å²) in [4.78, 5) is 11.0. The molecule has 4 heteroatoms. The van der Waals surface area contributed by atoms with Gasteiger partial charge in [-0.3, -0.25) is 0 Å². The zero-order valence-electron chi connectivity index (χ0n) is 11.4. The Morgan fingerprint density at radius 1 is 1.26 bits per heavy atom. The van der Waals surface area contributed by atoms with Gasteiger partial charge in [0, 0.05) is 22.7 Å². The van der Waals surface area contributed by atoms with Crippen molar-refractivity contribution >= 4 is 10.9 Å². The zero-order valence-corrected chi connectivity index (χ0v) is 11.4. The molecule has 98 valence electrons. The van der Waals surface area contributed by atoms with Crippen molar-refractivity contribution in [1.29, 1.82) is 0 Å². The van der Waals surface area contributed by atoms with Crippen molar-refractivity contribution in [2.45, 2.75) is 26.3 Å². The van der Waals surface area contributed by atoms with Crippen molar-refractivity contribution in [3.8, 4) is 11.3 Å². The van der Waals surface area contributed by atoms with E-state index in [-0.39, 0.29) is 0 Å². The second kappa shape index (κ2) is 3.96. The maximum atomic E-state index is 6.06. The lowest BCUT2D eigenvalue weighted by atomic mass is 10.1. The van der Waals surface area contributed by atoms with Crippen LogP contribution in [0.5, 0.6) is 0 Å². The van der Waals surface area contributed by atoms with Gasteiger partial charge in [0.25, 0.3) is 0 Å². The largest absolute Gasteiger partial charge is 0.360 e. The Kier molecular flexibility index (Phi) is 2.50. The first-order chi connectivity index (χ1) is 8.97. The lowest BCUT2D eigenvalue weighted by Crippen LogP contribution is -2.30. The van der Waals surface area contributed by atoms with Crippen molar-refractivity contribution in [3.05, 3.63) is 42.0 Å². The van der Waals surface area contributed by atoms with Crippen LogP contribution in [-0.2, 0) is 5.54 Å². The monoisotopic (exact) mass is 254 g/mol. The number of hydrogen-bond acceptors (Lipinski definition) is 2. The molecule has 0 radical (unpaired) electrons. The molecule has 4 N–H and O–H groups in total. The minimum atomic E-state index is -0.458. The highest BCUT2D eigenvalue weighted by Crippen LogP contribution is 2.29. The number of aryl methyl sites for hydroxylation is 1. The van der Waals surface area contributed by atoms with E-state index >= 15 is 0 Å². The Bertz CT molecular complexity index is 728. The number of nitrogens with two attached hydrogens (primary N) is 1. The molecule has 0 saturated heterocycles. The summed E-state index contributed by atoms with van der Waals surface area (Å²) in [6.07, 6.45) is 3.85. The quantitative estimate of drug-likeness (QED) is 0.657. The molecule has 3 aromatic rings. The van der Waals surface area contributed by atoms with Gasteiger partial charge in [0.2, 0.25) is 0 Å². The summed E-state index contributed by atoms with van der Waals surface area (Å²) in [5.74, 6) is 0.796. The van der Waals surface area contributed by atoms with Gasteiger partial charge in [-0.15, -0.1) is 0 Å². The van der Waals surface area contributed by atoms with E-state index in [0.29, 0.717) is 0 Å². The Labute approximate surface area is 112 Å². The Hall–Kier alpha value is -2.07. The molecule has 0 fully saturated rings. The molecule has 4 nitrogen and oxygen atoms in total. The third-order valence-electron chi connectivity index (χ3n) is 3.40. The second-order valence-corrected chi connectivity index (χ2v) is 5.57. The molecule has 0 saturated carbocycles. The van der Waals surface area contributed by atoms with Crippen molar-refractivity contribution in [2.75, 3.05) is 0 Å². The van der Waals surface area contributed by atoms with Gasteiger partial charge in [0.15, 0.2) is 0 Å². The first-order valence-electron chi connectivity index (χ1n) is 6.38. The Morgan fingerprint density at radius 2 is 2.05 bits per heavy atom. The first-order valence-corrected chi connectivity index (χ1v) is 6.38. The van der Waals surface area contributed by atoms with Gasteiger partial charge < -0.3 is 15.7 Å². The molecule has 2 aromatic heterocycles. The maximum absolute atomic E-state index is 6.06. The molecule has 0 aliphatic rings. The van der Waals surface area contributed by atoms with Crippen molar-refractivity contribution in [3.63, 3.8) is 0 Å². The van der Waals surface area contributed by atoms with E-state index in [2.05, 4.69) is 40.1 Å². The average Bonchev–Trinajstić information content (AvgIpc) is 2.93. The van der Waals surface area contributed by atoms with Gasteiger partial charge >= 0.3 is 0 Å². The van der Waals surface area contributed by atoms with Crippen molar-refractivity contribution in [1.82, 2.24) is 15.0 Å². The second-order valence-electron chi connectivity index (χ2n) is 5.57. The molecule has 19 heavy (non-hydrogen) atoms. The van der Waals surface area contributed by atoms with Crippen LogP contribution < -0.4 is 5.73 Å². The molecular formula is C15H18N4. The minimum Gasteiger partial charge on any atom is -0.360 e. The normalized spacial score (nSPS) is 12.2. The molecule has 0 unspecified atom stereocenters. The van der Waals surface area contributed by atoms with Crippen LogP contribution in [0.15, 0.2) is 30.6 Å². The molecular weight excluding hydrogens is 236 g/mol. The number of para-hydroxylation sites is 1. The summed E-state index contributed by atoms with van der Waals surface area (Å²) in [5.41, 5.74) is 10.1. The summed E-state index contributed by atoms with van der Waals surface area (Å²) in [6, 6.07) is 6.28. The van der Waals surface area contributed by atoms with E-state index in [1.54, 1.807) is 0 Å². The number of imidazole rings is 1. The van der Waals surface area contributed by atoms with E-state index in [9.17, 15) is 0 Å². The Balaban J connectivity index is 2.15. The molecule has 2 heterocycles. The summed E-state index contributed by atoms with van der Waals surface area (Å²) >= 11 is 0. The lowest BCUT2D eigenvalue weighted by Gasteiger charge is -2.14. The maximum Gasteiger partial charge on any atom is 0.126 e. The van der Waals surface area contributed by atoms with E-state index in [4.69, 9.17) is 5.73 Å². The molecule has 0 amide bonds. The summed E-state index contributed by atoms with van der Waals surface area (Å²) in [5, 5.41) is 1.20. The first kappa shape index (κ1) is 12.0. The van der Waals surface area contributed by atoms with Crippen LogP contribution in [-0.4, -0.2) is 15.0 Å². The fraction of sp³-hybridized carbons (Fsp3) is 0.267. The van der Waals surface area contributed by atoms with Crippen LogP contribution in [0, 0.1) is 6.92 Å². The summed E-state index contributed by atoms with van der Waals surface area (Å²) < 4.78 is 0. The average molecular weight is 254 g/mol. The van der Waals surface area contributed by atoms with Gasteiger partial charge in [0.05, 0.1) is 17.4 Å². The smallest absolute Gasteiger partial charge is 0.126 e. The Morgan fingerprint density at radius 3 is 2.74 bits per heavy atom. The molecule has 1 aromatic carbocycles. The van der Waals surface area contributed by atoms with Crippen LogP contribution in [0.25, 0.3) is 22.2 Å². The van der Waals surface area contributed by atoms with E-state index in [1.807, 2.05) is 26.2 Å². The number of nitrogens with one attached hydrogen (secondary N) is 2. The lowest BCUT2D eigenvalue weighted by molar-refractivity contribution is 0.520. The summed E-state index contributed by atoms with van der Waals surface area (Å²) in [7, 11) is 0. The molecule has 0 atom stereocenters. The standard InChI is InChI=1S/C15H18N4/c1-9-5-4-6-10-11(7-17-13(9)10)12-8-18-14(19-12)15(2,3)16/h4-8,17H,16H2,1-3H3,(H,18,19). The fourth-order valence-electron chi connectivity index (χ4n) is 2.31. The van der Waals surface area contributed by atoms with Gasteiger partial charge in [-0.25, -0.2) is 4.98 Å². The van der Waals surface area contributed by atoms with E-state index in [0.717, 1.165) is 17.1 Å². The van der Waals surface area contributed by atoms with Crippen LogP contribution in [0.2, 0.25) is 0 Å². The number of nitrogens with zero attached hydrogens (tertiary/aromatic N) is 1. The highest BCUT2D eigenvalue weighted by atomic mass is 15.0. The number of H-pyrrole nitrogens is 2. The number of benzene rings is 1. The molecule has 3 rings (SSSR count). The van der Waals surface area contributed by atoms with Gasteiger partial charge in [-0.2, -0.15) is 0 Å². The number of rotatable bonds is 2. The third kappa shape index (κ3) is 1.94. The topological polar surface area (TPSA) is 70.5 Å². The van der Waals surface area contributed by atoms with Crippen LogP contribution in [0.1, 0.15) is 25.2 Å². The van der Waals surface area contributed by atoms with E-state index in [1.165, 1.54) is 16.5 Å². The van der Waals surface area contributed by atoms with Gasteiger partial charge in [0.1, 0.15) is 5.82 Å². The zero-order chi connectivity index (χ0) is 13.6. The SMILES string of the molecule is Cc1cccc2c(-c3cnc(C(C)(C)N)[nH]3)c[nH]c12. The van der Waals surface area contributed by atoms with E-state index < -0.39 is 5.54 Å². The number of fused-ring (bicyclic) bond motifs is 1. The summed E-state index contributed by atoms with van der Waals surface area (Å²) in [6.45, 7) is 5.98. The number of hydrogen-bond donors (Lipinski definition) is 3. The third-order valence-corrected chi connectivity index (χ3v) is 3.40. The highest BCUT2D eigenvalue weighted by molar-refractivity contribution is 5.96. The molecule has 0 aliphatic heterocycles. The highest BCUT2D eigenvalue weighted by Gasteiger charge is 2.19. The fourth-order valence-corrected chi connectivity index (χ4v) is 2.31. The van der Waals surface area contributed by atoms with Crippen molar-refractivity contribution < 1.29 is 0 Å². The molecule has 0 aliphatic carbocycles. The predicted molar refractivity (Wildman–Crippen MR) is 77.8 cm³/mol.